The predicted octanol–water partition coefficient (Wildman–Crippen LogP) is 3.45. The molecule has 74 valence electrons. The van der Waals surface area contributed by atoms with Crippen LogP contribution in [0.5, 0.6) is 0 Å². The number of aliphatic imine (C=N–C) groups is 2. The van der Waals surface area contributed by atoms with Crippen molar-refractivity contribution in [2.75, 3.05) is 5.88 Å². The predicted molar refractivity (Wildman–Crippen MR) is 61.1 cm³/mol. The lowest BCUT2D eigenvalue weighted by Gasteiger charge is -2.06. The molecule has 0 unspecified atom stereocenters. The molecule has 13 heavy (non-hydrogen) atoms. The van der Waals surface area contributed by atoms with E-state index < -0.39 is 0 Å². The summed E-state index contributed by atoms with van der Waals surface area (Å²) in [5.41, 5.74) is 0.943. The van der Waals surface area contributed by atoms with Gasteiger partial charge in [-0.15, -0.1) is 11.6 Å². The minimum absolute atomic E-state index is 0.408. The van der Waals surface area contributed by atoms with Crippen molar-refractivity contribution in [3.8, 4) is 0 Å². The average Bonchev–Trinajstić information content (AvgIpc) is 2.09. The van der Waals surface area contributed by atoms with Crippen molar-refractivity contribution in [3.63, 3.8) is 0 Å². The molecule has 0 spiro atoms. The van der Waals surface area contributed by atoms with Crippen molar-refractivity contribution in [1.29, 1.82) is 0 Å². The number of alkyl halides is 1. The van der Waals surface area contributed by atoms with Gasteiger partial charge in [0.15, 0.2) is 0 Å². The van der Waals surface area contributed by atoms with Crippen molar-refractivity contribution < 1.29 is 0 Å². The Hall–Kier alpha value is -0.340. The average molecular weight is 221 g/mol. The van der Waals surface area contributed by atoms with Gasteiger partial charge in [0.25, 0.3) is 0 Å². The van der Waals surface area contributed by atoms with E-state index in [1.165, 1.54) is 6.34 Å². The molecular formula is C9H14Cl2N2. The number of rotatable bonds is 5. The molecule has 0 saturated carbocycles. The van der Waals surface area contributed by atoms with Gasteiger partial charge in [-0.1, -0.05) is 25.4 Å². The first-order valence-electron chi connectivity index (χ1n) is 4.03. The molecule has 2 nitrogen and oxygen atoms in total. The van der Waals surface area contributed by atoms with Crippen molar-refractivity contribution in [1.82, 2.24) is 0 Å². The van der Waals surface area contributed by atoms with Crippen molar-refractivity contribution in [2.24, 2.45) is 15.9 Å². The Bertz CT molecular complexity index is 220. The van der Waals surface area contributed by atoms with E-state index in [4.69, 9.17) is 23.2 Å². The first-order chi connectivity index (χ1) is 6.11. The van der Waals surface area contributed by atoms with Crippen LogP contribution in [0.1, 0.15) is 20.3 Å². The maximum Gasteiger partial charge on any atom is 0.131 e. The third-order valence-electron chi connectivity index (χ3n) is 1.36. The van der Waals surface area contributed by atoms with E-state index in [0.29, 0.717) is 17.0 Å². The Morgan fingerprint density at radius 1 is 1.54 bits per heavy atom. The number of allylic oxidation sites excluding steroid dienone is 1. The van der Waals surface area contributed by atoms with Gasteiger partial charge in [-0.05, 0) is 24.6 Å². The molecule has 0 aliphatic carbocycles. The van der Waals surface area contributed by atoms with Gasteiger partial charge < -0.3 is 0 Å². The lowest BCUT2D eigenvalue weighted by molar-refractivity contribution is 0.641. The summed E-state index contributed by atoms with van der Waals surface area (Å²) in [6.07, 6.45) is 2.17. The molecule has 0 aromatic rings. The highest BCUT2D eigenvalue weighted by atomic mass is 35.5. The maximum atomic E-state index is 5.88. The van der Waals surface area contributed by atoms with E-state index in [1.807, 2.05) is 0 Å². The monoisotopic (exact) mass is 220 g/mol. The number of hydrogen-bond donors (Lipinski definition) is 0. The summed E-state index contributed by atoms with van der Waals surface area (Å²) in [4.78, 5) is 7.34. The fraction of sp³-hybridized carbons (Fsp3) is 0.556. The highest BCUT2D eigenvalue weighted by Gasteiger charge is 2.04. The van der Waals surface area contributed by atoms with Crippen LogP contribution in [0.4, 0.5) is 0 Å². The van der Waals surface area contributed by atoms with Crippen LogP contribution < -0.4 is 0 Å². The zero-order valence-corrected chi connectivity index (χ0v) is 9.44. The summed E-state index contributed by atoms with van der Waals surface area (Å²) in [6, 6.07) is 0. The molecule has 0 bridgehead atoms. The van der Waals surface area contributed by atoms with Crippen LogP contribution in [0.3, 0.4) is 0 Å². The highest BCUT2D eigenvalue weighted by Crippen LogP contribution is 2.19. The second-order valence-electron chi connectivity index (χ2n) is 3.05. The number of halogens is 2. The molecule has 0 aromatic carbocycles. The Labute approximate surface area is 89.4 Å². The Morgan fingerprint density at radius 3 is 2.54 bits per heavy atom. The van der Waals surface area contributed by atoms with Gasteiger partial charge in [0.2, 0.25) is 0 Å². The molecule has 0 radical (unpaired) electrons. The standard InChI is InChI=1S/C9H14Cl2N2/c1-7(2)4-8(5-10)9(11)13-6-12-3/h6-7H,3-5H2,1-2H3/b9-8-,13-6-. The van der Waals surface area contributed by atoms with Crippen molar-refractivity contribution in [2.45, 2.75) is 20.3 Å². The first kappa shape index (κ1) is 12.7. The van der Waals surface area contributed by atoms with Gasteiger partial charge in [0, 0.05) is 5.88 Å². The fourth-order valence-electron chi connectivity index (χ4n) is 0.870. The quantitative estimate of drug-likeness (QED) is 0.294. The van der Waals surface area contributed by atoms with Gasteiger partial charge >= 0.3 is 0 Å². The van der Waals surface area contributed by atoms with E-state index >= 15 is 0 Å². The van der Waals surface area contributed by atoms with Gasteiger partial charge in [-0.2, -0.15) is 0 Å². The van der Waals surface area contributed by atoms with Crippen LogP contribution in [0.2, 0.25) is 0 Å². The largest absolute Gasteiger partial charge is 0.253 e. The van der Waals surface area contributed by atoms with E-state index in [2.05, 4.69) is 30.5 Å². The van der Waals surface area contributed by atoms with Crippen LogP contribution in [0, 0.1) is 5.92 Å². The highest BCUT2D eigenvalue weighted by molar-refractivity contribution is 6.31. The summed E-state index contributed by atoms with van der Waals surface area (Å²) < 4.78 is 0. The lowest BCUT2D eigenvalue weighted by atomic mass is 10.1. The van der Waals surface area contributed by atoms with E-state index in [-0.39, 0.29) is 0 Å². The van der Waals surface area contributed by atoms with Crippen LogP contribution >= 0.6 is 23.2 Å². The summed E-state index contributed by atoms with van der Waals surface area (Å²) in [6.45, 7) is 7.47. The summed E-state index contributed by atoms with van der Waals surface area (Å²) in [5.74, 6) is 0.931. The third-order valence-corrected chi connectivity index (χ3v) is 2.05. The molecule has 0 atom stereocenters. The van der Waals surface area contributed by atoms with Gasteiger partial charge in [-0.25, -0.2) is 4.99 Å². The van der Waals surface area contributed by atoms with Crippen molar-refractivity contribution in [3.05, 3.63) is 10.7 Å². The second kappa shape index (κ2) is 7.10. The minimum atomic E-state index is 0.408. The molecule has 0 rings (SSSR count). The van der Waals surface area contributed by atoms with E-state index in [0.717, 1.165) is 12.0 Å². The van der Waals surface area contributed by atoms with Crippen LogP contribution in [0.25, 0.3) is 0 Å². The topological polar surface area (TPSA) is 24.7 Å². The zero-order valence-electron chi connectivity index (χ0n) is 7.93. The van der Waals surface area contributed by atoms with Crippen molar-refractivity contribution >= 4 is 36.3 Å². The van der Waals surface area contributed by atoms with Crippen LogP contribution in [-0.4, -0.2) is 18.9 Å². The summed E-state index contributed by atoms with van der Waals surface area (Å²) in [5, 5.41) is 0.427. The van der Waals surface area contributed by atoms with Gasteiger partial charge in [-0.3, -0.25) is 4.99 Å². The number of hydrogen-bond acceptors (Lipinski definition) is 1. The maximum absolute atomic E-state index is 5.88. The molecule has 0 aliphatic heterocycles. The Morgan fingerprint density at radius 2 is 2.15 bits per heavy atom. The smallest absolute Gasteiger partial charge is 0.131 e. The Balaban J connectivity index is 4.47. The second-order valence-corrected chi connectivity index (χ2v) is 3.68. The van der Waals surface area contributed by atoms with Crippen LogP contribution in [0.15, 0.2) is 20.7 Å². The van der Waals surface area contributed by atoms with E-state index in [9.17, 15) is 0 Å². The summed E-state index contributed by atoms with van der Waals surface area (Å²) in [7, 11) is 0. The van der Waals surface area contributed by atoms with E-state index in [1.54, 1.807) is 0 Å². The van der Waals surface area contributed by atoms with Crippen LogP contribution in [-0.2, 0) is 0 Å². The lowest BCUT2D eigenvalue weighted by Crippen LogP contribution is -1.95. The summed E-state index contributed by atoms with van der Waals surface area (Å²) >= 11 is 11.6. The molecule has 0 aromatic heterocycles. The van der Waals surface area contributed by atoms with Gasteiger partial charge in [0.05, 0.1) is 0 Å². The number of nitrogens with zero attached hydrogens (tertiary/aromatic N) is 2. The first-order valence-corrected chi connectivity index (χ1v) is 4.95. The molecule has 0 N–H and O–H groups in total. The normalized spacial score (nSPS) is 13.6. The molecule has 4 heteroatoms. The molecule has 0 heterocycles. The molecule has 0 amide bonds. The Kier molecular flexibility index (Phi) is 6.92. The SMILES string of the molecule is C=N/C=N\C(Cl)=C(/CCl)CC(C)C. The molecular weight excluding hydrogens is 207 g/mol. The molecule has 0 aliphatic rings. The van der Waals surface area contributed by atoms with Gasteiger partial charge in [0.1, 0.15) is 11.5 Å². The zero-order chi connectivity index (χ0) is 10.3. The third kappa shape index (κ3) is 5.83. The molecule has 0 fully saturated rings. The fourth-order valence-corrected chi connectivity index (χ4v) is 1.36. The molecule has 0 saturated heterocycles. The minimum Gasteiger partial charge on any atom is -0.253 e.